The third kappa shape index (κ3) is 9.27. The van der Waals surface area contributed by atoms with Gasteiger partial charge in [-0.15, -0.1) is 5.54 Å². The van der Waals surface area contributed by atoms with Crippen molar-refractivity contribution in [3.63, 3.8) is 0 Å². The van der Waals surface area contributed by atoms with Gasteiger partial charge in [-0.2, -0.15) is 0 Å². The lowest BCUT2D eigenvalue weighted by molar-refractivity contribution is 0.828. The van der Waals surface area contributed by atoms with E-state index < -0.39 is 8.07 Å². The smallest absolute Gasteiger partial charge is 0.126 e. The van der Waals surface area contributed by atoms with Crippen LogP contribution in [0.15, 0.2) is 42.0 Å². The Bertz CT molecular complexity index is 580. The first-order chi connectivity index (χ1) is 10.5. The zero-order valence-corrected chi connectivity index (χ0v) is 15.5. The molecule has 1 aromatic carbocycles. The molecule has 1 aromatic rings. The van der Waals surface area contributed by atoms with Gasteiger partial charge in [-0.3, -0.25) is 0 Å². The minimum absolute atomic E-state index is 0.973. The summed E-state index contributed by atoms with van der Waals surface area (Å²) in [7, 11) is -1.35. The van der Waals surface area contributed by atoms with E-state index in [0.717, 1.165) is 24.8 Å². The third-order valence-electron chi connectivity index (χ3n) is 3.07. The Balaban J connectivity index is 2.72. The molecule has 0 saturated heterocycles. The molecule has 0 spiro atoms. The number of benzene rings is 1. The van der Waals surface area contributed by atoms with Gasteiger partial charge in [0.25, 0.3) is 0 Å². The number of hydrogen-bond acceptors (Lipinski definition) is 0. The van der Waals surface area contributed by atoms with Crippen molar-refractivity contribution in [3.8, 4) is 23.3 Å². The molecule has 0 fully saturated rings. The van der Waals surface area contributed by atoms with Crippen LogP contribution in [0, 0.1) is 23.3 Å². The van der Waals surface area contributed by atoms with Crippen LogP contribution in [-0.2, 0) is 6.42 Å². The fraction of sp³-hybridized carbons (Fsp3) is 0.429. The maximum atomic E-state index is 3.43. The average Bonchev–Trinajstić information content (AvgIpc) is 2.48. The van der Waals surface area contributed by atoms with Gasteiger partial charge in [0.2, 0.25) is 0 Å². The average molecular weight is 309 g/mol. The standard InChI is InChI=1S/C21H28Si/c1-5-6-7-9-15-21(18-19-22(2,3)4)17-12-16-20-13-10-8-11-14-20/h8,10-11,13-14,17H,5-7,12,16H2,1-4H3/b21-17-. The molecule has 1 heteroatoms. The first kappa shape index (κ1) is 18.3. The molecule has 0 heterocycles. The molecule has 0 atom stereocenters. The fourth-order valence-corrected chi connectivity index (χ4v) is 2.35. The maximum Gasteiger partial charge on any atom is 0.129 e. The Morgan fingerprint density at radius 3 is 2.45 bits per heavy atom. The van der Waals surface area contributed by atoms with Crippen molar-refractivity contribution in [2.45, 2.75) is 58.7 Å². The van der Waals surface area contributed by atoms with E-state index >= 15 is 0 Å². The highest BCUT2D eigenvalue weighted by molar-refractivity contribution is 6.83. The molecule has 0 aromatic heterocycles. The highest BCUT2D eigenvalue weighted by atomic mass is 28.3. The minimum Gasteiger partial charge on any atom is -0.126 e. The molecule has 0 aliphatic rings. The normalized spacial score (nSPS) is 11.2. The Kier molecular flexibility index (Phi) is 8.42. The van der Waals surface area contributed by atoms with Crippen LogP contribution in [-0.4, -0.2) is 8.07 Å². The Hall–Kier alpha value is -1.70. The molecule has 0 N–H and O–H groups in total. The molecular formula is C21H28Si. The molecule has 0 bridgehead atoms. The molecule has 22 heavy (non-hydrogen) atoms. The van der Waals surface area contributed by atoms with Gasteiger partial charge in [0.15, 0.2) is 0 Å². The molecule has 0 unspecified atom stereocenters. The zero-order chi connectivity index (χ0) is 16.3. The van der Waals surface area contributed by atoms with Gasteiger partial charge >= 0.3 is 0 Å². The topological polar surface area (TPSA) is 0 Å². The summed E-state index contributed by atoms with van der Waals surface area (Å²) in [4.78, 5) is 0. The van der Waals surface area contributed by atoms with Crippen molar-refractivity contribution in [1.82, 2.24) is 0 Å². The summed E-state index contributed by atoms with van der Waals surface area (Å²) in [5.74, 6) is 9.86. The number of aryl methyl sites for hydroxylation is 1. The van der Waals surface area contributed by atoms with Crippen LogP contribution in [0.5, 0.6) is 0 Å². The predicted octanol–water partition coefficient (Wildman–Crippen LogP) is 5.62. The lowest BCUT2D eigenvalue weighted by atomic mass is 10.1. The maximum absolute atomic E-state index is 3.43. The Labute approximate surface area is 138 Å². The van der Waals surface area contributed by atoms with Crippen molar-refractivity contribution in [2.24, 2.45) is 0 Å². The molecular weight excluding hydrogens is 280 g/mol. The molecule has 0 saturated carbocycles. The molecule has 116 valence electrons. The van der Waals surface area contributed by atoms with Crippen LogP contribution in [0.1, 0.15) is 38.2 Å². The van der Waals surface area contributed by atoms with E-state index in [4.69, 9.17) is 0 Å². The second-order valence-corrected chi connectivity index (χ2v) is 11.3. The molecule has 0 aliphatic carbocycles. The highest BCUT2D eigenvalue weighted by Gasteiger charge is 2.07. The molecule has 1 rings (SSSR count). The molecule has 0 aliphatic heterocycles. The van der Waals surface area contributed by atoms with Gasteiger partial charge in [0.1, 0.15) is 8.07 Å². The van der Waals surface area contributed by atoms with E-state index in [0.29, 0.717) is 0 Å². The van der Waals surface area contributed by atoms with E-state index in [9.17, 15) is 0 Å². The van der Waals surface area contributed by atoms with Crippen molar-refractivity contribution in [3.05, 3.63) is 47.5 Å². The largest absolute Gasteiger partial charge is 0.129 e. The third-order valence-corrected chi connectivity index (χ3v) is 3.95. The minimum atomic E-state index is -1.35. The van der Waals surface area contributed by atoms with Crippen LogP contribution in [0.2, 0.25) is 19.6 Å². The first-order valence-electron chi connectivity index (χ1n) is 8.27. The first-order valence-corrected chi connectivity index (χ1v) is 11.8. The number of hydrogen-bond donors (Lipinski definition) is 0. The van der Waals surface area contributed by atoms with Crippen LogP contribution in [0.25, 0.3) is 0 Å². The zero-order valence-electron chi connectivity index (χ0n) is 14.5. The van der Waals surface area contributed by atoms with E-state index in [1.807, 2.05) is 0 Å². The lowest BCUT2D eigenvalue weighted by Gasteiger charge is -2.03. The second kappa shape index (κ2) is 10.1. The van der Waals surface area contributed by atoms with E-state index in [1.165, 1.54) is 18.4 Å². The van der Waals surface area contributed by atoms with Gasteiger partial charge in [-0.05, 0) is 24.8 Å². The Morgan fingerprint density at radius 2 is 1.82 bits per heavy atom. The van der Waals surface area contributed by atoms with Gasteiger partial charge in [0.05, 0.1) is 5.57 Å². The van der Waals surface area contributed by atoms with Gasteiger partial charge in [-0.25, -0.2) is 0 Å². The highest BCUT2D eigenvalue weighted by Crippen LogP contribution is 2.06. The number of unbranched alkanes of at least 4 members (excludes halogenated alkanes) is 2. The van der Waals surface area contributed by atoms with Gasteiger partial charge in [-0.1, -0.05) is 87.2 Å². The van der Waals surface area contributed by atoms with E-state index in [1.54, 1.807) is 0 Å². The fourth-order valence-electron chi connectivity index (χ4n) is 1.84. The van der Waals surface area contributed by atoms with Crippen LogP contribution < -0.4 is 0 Å². The molecule has 0 radical (unpaired) electrons. The number of rotatable bonds is 5. The second-order valence-electron chi connectivity index (χ2n) is 6.55. The lowest BCUT2D eigenvalue weighted by Crippen LogP contribution is -2.16. The summed E-state index contributed by atoms with van der Waals surface area (Å²) < 4.78 is 0. The monoisotopic (exact) mass is 308 g/mol. The van der Waals surface area contributed by atoms with Crippen molar-refractivity contribution in [2.75, 3.05) is 0 Å². The van der Waals surface area contributed by atoms with Crippen LogP contribution >= 0.6 is 0 Å². The molecule has 0 amide bonds. The van der Waals surface area contributed by atoms with Crippen molar-refractivity contribution >= 4 is 8.07 Å². The van der Waals surface area contributed by atoms with Crippen LogP contribution in [0.4, 0.5) is 0 Å². The predicted molar refractivity (Wildman–Crippen MR) is 101 cm³/mol. The van der Waals surface area contributed by atoms with Crippen molar-refractivity contribution < 1.29 is 0 Å². The summed E-state index contributed by atoms with van der Waals surface area (Å²) >= 11 is 0. The summed E-state index contributed by atoms with van der Waals surface area (Å²) in [6.07, 6.45) is 7.60. The van der Waals surface area contributed by atoms with Gasteiger partial charge in [0, 0.05) is 6.42 Å². The SMILES string of the molecule is CCCCC#C/C(C#C[Si](C)(C)C)=C/CCc1ccccc1. The Morgan fingerprint density at radius 1 is 1.09 bits per heavy atom. The van der Waals surface area contributed by atoms with E-state index in [2.05, 4.69) is 86.3 Å². The van der Waals surface area contributed by atoms with Crippen LogP contribution in [0.3, 0.4) is 0 Å². The summed E-state index contributed by atoms with van der Waals surface area (Å²) in [6.45, 7) is 9.01. The van der Waals surface area contributed by atoms with Gasteiger partial charge < -0.3 is 0 Å². The summed E-state index contributed by atoms with van der Waals surface area (Å²) in [5.41, 5.74) is 5.81. The number of allylic oxidation sites excluding steroid dienone is 2. The quantitative estimate of drug-likeness (QED) is 0.376. The van der Waals surface area contributed by atoms with Crippen molar-refractivity contribution in [1.29, 1.82) is 0 Å². The molecule has 0 nitrogen and oxygen atoms in total. The summed E-state index contributed by atoms with van der Waals surface area (Å²) in [5, 5.41) is 0. The van der Waals surface area contributed by atoms with E-state index in [-0.39, 0.29) is 0 Å². The summed E-state index contributed by atoms with van der Waals surface area (Å²) in [6, 6.07) is 10.6.